The molecule has 0 rings (SSSR count). The van der Waals surface area contributed by atoms with E-state index in [1.54, 1.807) is 0 Å². The van der Waals surface area contributed by atoms with E-state index < -0.39 is 10.1 Å². The quantitative estimate of drug-likeness (QED) is 0.540. The fraction of sp³-hybridized carbons (Fsp3) is 1.00. The van der Waals surface area contributed by atoms with Gasteiger partial charge in [0.2, 0.25) is 0 Å². The van der Waals surface area contributed by atoms with Gasteiger partial charge in [0, 0.05) is 6.42 Å². The van der Waals surface area contributed by atoms with E-state index >= 15 is 0 Å². The maximum Gasteiger partial charge on any atom is 0.265 e. The van der Waals surface area contributed by atoms with Gasteiger partial charge in [0.05, 0.1) is 31.4 Å². The molecule has 1 atom stereocenters. The number of quaternary nitrogens is 1. The zero-order valence-electron chi connectivity index (χ0n) is 10.2. The van der Waals surface area contributed by atoms with Gasteiger partial charge < -0.3 is 4.48 Å². The van der Waals surface area contributed by atoms with Gasteiger partial charge in [-0.05, 0) is 27.7 Å². The summed E-state index contributed by atoms with van der Waals surface area (Å²) < 4.78 is 31.0. The van der Waals surface area contributed by atoms with E-state index in [1.165, 1.54) is 0 Å². The van der Waals surface area contributed by atoms with Gasteiger partial charge >= 0.3 is 0 Å². The third kappa shape index (κ3) is 4.49. The molecule has 92 valence electrons. The predicted octanol–water partition coefficient (Wildman–Crippen LogP) is 1.53. The van der Waals surface area contributed by atoms with Gasteiger partial charge in [0.15, 0.2) is 0 Å². The SMILES string of the molecule is CC[N+](CC)(CC)C(C)CCS(=O)(=O)O. The van der Waals surface area contributed by atoms with E-state index in [2.05, 4.69) is 27.7 Å². The molecule has 15 heavy (non-hydrogen) atoms. The molecule has 0 amide bonds. The van der Waals surface area contributed by atoms with Gasteiger partial charge in [-0.3, -0.25) is 4.55 Å². The van der Waals surface area contributed by atoms with Crippen LogP contribution in [0, 0.1) is 0 Å². The molecule has 1 N–H and O–H groups in total. The molecule has 0 bridgehead atoms. The third-order valence-electron chi connectivity index (χ3n) is 3.62. The van der Waals surface area contributed by atoms with Gasteiger partial charge in [-0.25, -0.2) is 0 Å². The van der Waals surface area contributed by atoms with E-state index in [-0.39, 0.29) is 11.8 Å². The van der Waals surface area contributed by atoms with E-state index in [9.17, 15) is 8.42 Å². The Morgan fingerprint density at radius 2 is 1.53 bits per heavy atom. The lowest BCUT2D eigenvalue weighted by Gasteiger charge is -2.41. The summed E-state index contributed by atoms with van der Waals surface area (Å²) in [5, 5.41) is 0. The van der Waals surface area contributed by atoms with Crippen LogP contribution in [-0.4, -0.2) is 48.9 Å². The van der Waals surface area contributed by atoms with Crippen LogP contribution in [0.1, 0.15) is 34.1 Å². The topological polar surface area (TPSA) is 54.4 Å². The molecular formula is C10H24NO3S+. The van der Waals surface area contributed by atoms with E-state index in [0.717, 1.165) is 24.1 Å². The van der Waals surface area contributed by atoms with E-state index in [0.29, 0.717) is 6.42 Å². The van der Waals surface area contributed by atoms with Crippen molar-refractivity contribution in [3.63, 3.8) is 0 Å². The van der Waals surface area contributed by atoms with Crippen molar-refractivity contribution in [2.75, 3.05) is 25.4 Å². The second-order valence-electron chi connectivity index (χ2n) is 4.09. The highest BCUT2D eigenvalue weighted by Gasteiger charge is 2.29. The molecule has 0 aliphatic carbocycles. The fourth-order valence-electron chi connectivity index (χ4n) is 2.20. The number of hydrogen-bond acceptors (Lipinski definition) is 2. The Bertz CT molecular complexity index is 262. The minimum Gasteiger partial charge on any atom is -0.322 e. The first-order valence-corrected chi connectivity index (χ1v) is 7.23. The number of hydrogen-bond donors (Lipinski definition) is 1. The zero-order chi connectivity index (χ0) is 12.1. The van der Waals surface area contributed by atoms with Gasteiger partial charge in [-0.2, -0.15) is 8.42 Å². The Morgan fingerprint density at radius 3 is 1.80 bits per heavy atom. The van der Waals surface area contributed by atoms with Crippen LogP contribution in [0.25, 0.3) is 0 Å². The zero-order valence-corrected chi connectivity index (χ0v) is 11.0. The molecule has 0 saturated heterocycles. The molecule has 0 radical (unpaired) electrons. The molecule has 0 saturated carbocycles. The first-order valence-electron chi connectivity index (χ1n) is 5.62. The van der Waals surface area contributed by atoms with Crippen molar-refractivity contribution in [3.05, 3.63) is 0 Å². The second kappa shape index (κ2) is 5.82. The van der Waals surface area contributed by atoms with Crippen molar-refractivity contribution in [2.45, 2.75) is 40.2 Å². The maximum absolute atomic E-state index is 10.7. The number of nitrogens with zero attached hydrogens (tertiary/aromatic N) is 1. The Hall–Kier alpha value is -0.130. The van der Waals surface area contributed by atoms with Crippen molar-refractivity contribution in [1.29, 1.82) is 0 Å². The highest BCUT2D eigenvalue weighted by molar-refractivity contribution is 7.85. The molecule has 0 aliphatic heterocycles. The summed E-state index contributed by atoms with van der Waals surface area (Å²) in [6, 6.07) is 0.270. The van der Waals surface area contributed by atoms with Gasteiger partial charge in [-0.1, -0.05) is 0 Å². The molecule has 0 aliphatic rings. The highest BCUT2D eigenvalue weighted by atomic mass is 32.2. The van der Waals surface area contributed by atoms with Crippen molar-refractivity contribution in [1.82, 2.24) is 0 Å². The lowest BCUT2D eigenvalue weighted by molar-refractivity contribution is -0.944. The summed E-state index contributed by atoms with van der Waals surface area (Å²) in [7, 11) is -3.81. The van der Waals surface area contributed by atoms with Crippen LogP contribution in [0.5, 0.6) is 0 Å². The standard InChI is InChI=1S/C10H23NO3S/c1-5-11(6-2,7-3)10(4)8-9-15(12,13)14/h10H,5-9H2,1-4H3/p+1. The summed E-state index contributed by atoms with van der Waals surface area (Å²) >= 11 is 0. The maximum atomic E-state index is 10.7. The van der Waals surface area contributed by atoms with E-state index in [1.807, 2.05) is 0 Å². The summed E-state index contributed by atoms with van der Waals surface area (Å²) in [4.78, 5) is 0. The normalized spacial score (nSPS) is 15.3. The first-order chi connectivity index (χ1) is 6.81. The molecule has 0 fully saturated rings. The van der Waals surface area contributed by atoms with Crippen LogP contribution < -0.4 is 0 Å². The largest absolute Gasteiger partial charge is 0.322 e. The van der Waals surface area contributed by atoms with Crippen LogP contribution in [0.3, 0.4) is 0 Å². The fourth-order valence-corrected chi connectivity index (χ4v) is 2.84. The highest BCUT2D eigenvalue weighted by Crippen LogP contribution is 2.16. The summed E-state index contributed by atoms with van der Waals surface area (Å²) in [5.41, 5.74) is 0. The predicted molar refractivity (Wildman–Crippen MR) is 62.4 cm³/mol. The Morgan fingerprint density at radius 1 is 1.13 bits per heavy atom. The van der Waals surface area contributed by atoms with Gasteiger partial charge in [0.1, 0.15) is 0 Å². The molecule has 4 nitrogen and oxygen atoms in total. The molecule has 0 spiro atoms. The smallest absolute Gasteiger partial charge is 0.265 e. The molecule has 0 aromatic heterocycles. The molecule has 0 heterocycles. The van der Waals surface area contributed by atoms with Gasteiger partial charge in [0.25, 0.3) is 10.1 Å². The minimum absolute atomic E-state index is 0.131. The Kier molecular flexibility index (Phi) is 5.77. The van der Waals surface area contributed by atoms with Crippen LogP contribution >= 0.6 is 0 Å². The second-order valence-corrected chi connectivity index (χ2v) is 5.66. The van der Waals surface area contributed by atoms with Crippen LogP contribution in [0.2, 0.25) is 0 Å². The van der Waals surface area contributed by atoms with Crippen LogP contribution in [0.15, 0.2) is 0 Å². The van der Waals surface area contributed by atoms with Crippen molar-refractivity contribution in [2.24, 2.45) is 0 Å². The first kappa shape index (κ1) is 14.9. The molecule has 0 aromatic rings. The summed E-state index contributed by atoms with van der Waals surface area (Å²) in [5.74, 6) is -0.131. The van der Waals surface area contributed by atoms with Crippen molar-refractivity contribution in [3.8, 4) is 0 Å². The lowest BCUT2D eigenvalue weighted by atomic mass is 10.1. The van der Waals surface area contributed by atoms with Gasteiger partial charge in [-0.15, -0.1) is 0 Å². The minimum atomic E-state index is -3.81. The lowest BCUT2D eigenvalue weighted by Crippen LogP contribution is -2.54. The van der Waals surface area contributed by atoms with Crippen LogP contribution in [0.4, 0.5) is 0 Å². The average molecular weight is 238 g/mol. The molecular weight excluding hydrogens is 214 g/mol. The summed E-state index contributed by atoms with van der Waals surface area (Å²) in [6.45, 7) is 11.4. The Balaban J connectivity index is 4.46. The van der Waals surface area contributed by atoms with Crippen molar-refractivity contribution < 1.29 is 17.5 Å². The van der Waals surface area contributed by atoms with Crippen molar-refractivity contribution >= 4 is 10.1 Å². The third-order valence-corrected chi connectivity index (χ3v) is 4.37. The van der Waals surface area contributed by atoms with E-state index in [4.69, 9.17) is 4.55 Å². The molecule has 1 unspecified atom stereocenters. The summed E-state index contributed by atoms with van der Waals surface area (Å²) in [6.07, 6.45) is 0.522. The molecule has 0 aromatic carbocycles. The Labute approximate surface area is 93.6 Å². The van der Waals surface area contributed by atoms with Crippen LogP contribution in [-0.2, 0) is 10.1 Å². The monoisotopic (exact) mass is 238 g/mol. The molecule has 5 heteroatoms. The average Bonchev–Trinajstić information content (AvgIpc) is 2.17. The number of rotatable bonds is 7.